The van der Waals surface area contributed by atoms with Crippen LogP contribution in [0.4, 0.5) is 24.5 Å². The predicted molar refractivity (Wildman–Crippen MR) is 122 cm³/mol. The molecular formula is C23H16ClF3N2O3S. The summed E-state index contributed by atoms with van der Waals surface area (Å²) in [5.74, 6) is -1.76. The number of benzene rings is 3. The minimum absolute atomic E-state index is 0.0984. The highest BCUT2D eigenvalue weighted by molar-refractivity contribution is 8.01. The summed E-state index contributed by atoms with van der Waals surface area (Å²) in [4.78, 5) is 38.2. The Hall–Kier alpha value is -3.04. The number of nitrogens with one attached hydrogen (secondary N) is 1. The highest BCUT2D eigenvalue weighted by Crippen LogP contribution is 2.38. The Balaban J connectivity index is 1.41. The molecule has 33 heavy (non-hydrogen) atoms. The maximum absolute atomic E-state index is 13.1. The molecule has 170 valence electrons. The van der Waals surface area contributed by atoms with Crippen LogP contribution in [0.2, 0.25) is 5.02 Å². The Morgan fingerprint density at radius 2 is 1.79 bits per heavy atom. The number of fused-ring (bicyclic) bond motifs is 1. The zero-order valence-electron chi connectivity index (χ0n) is 16.9. The van der Waals surface area contributed by atoms with Crippen molar-refractivity contribution in [3.05, 3.63) is 71.2 Å². The second kappa shape index (κ2) is 9.07. The van der Waals surface area contributed by atoms with Crippen molar-refractivity contribution in [2.75, 3.05) is 16.0 Å². The molecule has 1 saturated heterocycles. The molecule has 0 aliphatic carbocycles. The van der Waals surface area contributed by atoms with Crippen molar-refractivity contribution in [3.63, 3.8) is 0 Å². The maximum atomic E-state index is 13.1. The van der Waals surface area contributed by atoms with Gasteiger partial charge in [-0.15, -0.1) is 11.8 Å². The van der Waals surface area contributed by atoms with Crippen LogP contribution in [0.1, 0.15) is 12.0 Å². The lowest BCUT2D eigenvalue weighted by Crippen LogP contribution is -2.31. The lowest BCUT2D eigenvalue weighted by atomic mass is 10.1. The van der Waals surface area contributed by atoms with Gasteiger partial charge < -0.3 is 5.32 Å². The zero-order chi connectivity index (χ0) is 23.8. The minimum Gasteiger partial charge on any atom is -0.325 e. The summed E-state index contributed by atoms with van der Waals surface area (Å²) < 4.78 is 39.4. The lowest BCUT2D eigenvalue weighted by molar-refractivity contribution is -0.137. The van der Waals surface area contributed by atoms with Gasteiger partial charge in [0.05, 0.1) is 27.3 Å². The monoisotopic (exact) mass is 492 g/mol. The fraction of sp³-hybridized carbons (Fsp3) is 0.174. The molecule has 0 radical (unpaired) electrons. The molecule has 0 unspecified atom stereocenters. The largest absolute Gasteiger partial charge is 0.417 e. The molecule has 1 aliphatic rings. The van der Waals surface area contributed by atoms with Crippen LogP contribution < -0.4 is 10.2 Å². The number of carbonyl (C=O) groups excluding carboxylic acids is 3. The van der Waals surface area contributed by atoms with Crippen LogP contribution >= 0.6 is 23.4 Å². The van der Waals surface area contributed by atoms with E-state index in [2.05, 4.69) is 5.32 Å². The maximum Gasteiger partial charge on any atom is 0.417 e. The number of hydrogen-bond acceptors (Lipinski definition) is 4. The Morgan fingerprint density at radius 1 is 1.06 bits per heavy atom. The SMILES string of the molecule is O=C(CS[C@@H]1CC(=O)N(c2ccc(Cl)c(C(F)(F)F)c2)C1=O)Nc1ccc2ccccc2c1. The van der Waals surface area contributed by atoms with Crippen LogP contribution in [0.25, 0.3) is 10.8 Å². The van der Waals surface area contributed by atoms with Gasteiger partial charge in [0, 0.05) is 12.1 Å². The van der Waals surface area contributed by atoms with Crippen LogP contribution in [0.3, 0.4) is 0 Å². The zero-order valence-corrected chi connectivity index (χ0v) is 18.4. The molecule has 0 saturated carbocycles. The average Bonchev–Trinajstić information content (AvgIpc) is 3.05. The van der Waals surface area contributed by atoms with E-state index in [0.29, 0.717) is 16.7 Å². The number of anilines is 2. The van der Waals surface area contributed by atoms with Gasteiger partial charge in [0.15, 0.2) is 0 Å². The van der Waals surface area contributed by atoms with E-state index in [4.69, 9.17) is 11.6 Å². The van der Waals surface area contributed by atoms with Gasteiger partial charge in [-0.3, -0.25) is 14.4 Å². The normalized spacial score (nSPS) is 16.5. The van der Waals surface area contributed by atoms with Crippen molar-refractivity contribution in [2.24, 2.45) is 0 Å². The second-order valence-corrected chi connectivity index (χ2v) is 8.94. The molecule has 3 aromatic rings. The summed E-state index contributed by atoms with van der Waals surface area (Å²) in [6.07, 6.45) is -4.94. The van der Waals surface area contributed by atoms with Crippen molar-refractivity contribution >= 4 is 63.2 Å². The van der Waals surface area contributed by atoms with Crippen molar-refractivity contribution in [3.8, 4) is 0 Å². The first-order valence-corrected chi connectivity index (χ1v) is 11.2. The van der Waals surface area contributed by atoms with E-state index in [0.717, 1.165) is 28.6 Å². The van der Waals surface area contributed by atoms with Gasteiger partial charge in [-0.2, -0.15) is 13.2 Å². The van der Waals surface area contributed by atoms with E-state index >= 15 is 0 Å². The summed E-state index contributed by atoms with van der Waals surface area (Å²) in [5.41, 5.74) is -0.742. The highest BCUT2D eigenvalue weighted by atomic mass is 35.5. The van der Waals surface area contributed by atoms with Crippen LogP contribution in [-0.4, -0.2) is 28.7 Å². The number of thioether (sulfide) groups is 1. The van der Waals surface area contributed by atoms with Crippen LogP contribution in [0.15, 0.2) is 60.7 Å². The molecule has 4 rings (SSSR count). The van der Waals surface area contributed by atoms with Crippen molar-refractivity contribution in [1.82, 2.24) is 0 Å². The van der Waals surface area contributed by atoms with Gasteiger partial charge in [-0.05, 0) is 41.1 Å². The number of rotatable bonds is 5. The third-order valence-corrected chi connectivity index (χ3v) is 6.60. The number of amides is 3. The van der Waals surface area contributed by atoms with Crippen LogP contribution in [0, 0.1) is 0 Å². The standard InChI is InChI=1S/C23H16ClF3N2O3S/c24-18-8-7-16(10-17(18)23(25,26)27)29-21(31)11-19(22(29)32)33-12-20(30)28-15-6-5-13-3-1-2-4-14(13)9-15/h1-10,19H,11-12H2,(H,28,30)/t19-/m1/s1. The lowest BCUT2D eigenvalue weighted by Gasteiger charge is -2.17. The van der Waals surface area contributed by atoms with E-state index < -0.39 is 33.8 Å². The summed E-state index contributed by atoms with van der Waals surface area (Å²) in [7, 11) is 0. The summed E-state index contributed by atoms with van der Waals surface area (Å²) >= 11 is 6.58. The van der Waals surface area contributed by atoms with Gasteiger partial charge in [-0.25, -0.2) is 4.90 Å². The summed E-state index contributed by atoms with van der Waals surface area (Å²) in [5, 5.41) is 3.33. The number of carbonyl (C=O) groups is 3. The number of alkyl halides is 3. The molecule has 1 fully saturated rings. The second-order valence-electron chi connectivity index (χ2n) is 7.34. The summed E-state index contributed by atoms with van der Waals surface area (Å²) in [6.45, 7) is 0. The first kappa shape index (κ1) is 23.1. The molecule has 1 heterocycles. The average molecular weight is 493 g/mol. The van der Waals surface area contributed by atoms with Gasteiger partial charge in [0.25, 0.3) is 0 Å². The van der Waals surface area contributed by atoms with E-state index in [1.54, 1.807) is 6.07 Å². The van der Waals surface area contributed by atoms with Crippen molar-refractivity contribution in [2.45, 2.75) is 17.8 Å². The Morgan fingerprint density at radius 3 is 2.52 bits per heavy atom. The molecule has 3 aromatic carbocycles. The van der Waals surface area contributed by atoms with E-state index in [9.17, 15) is 27.6 Å². The number of halogens is 4. The molecule has 1 aliphatic heterocycles. The van der Waals surface area contributed by atoms with Crippen LogP contribution in [-0.2, 0) is 20.6 Å². The fourth-order valence-corrected chi connectivity index (χ4v) is 4.67. The molecule has 5 nitrogen and oxygen atoms in total. The third kappa shape index (κ3) is 4.99. The van der Waals surface area contributed by atoms with Gasteiger partial charge in [-0.1, -0.05) is 41.9 Å². The first-order valence-electron chi connectivity index (χ1n) is 9.77. The van der Waals surface area contributed by atoms with E-state index in [1.165, 1.54) is 6.07 Å². The summed E-state index contributed by atoms with van der Waals surface area (Å²) in [6, 6.07) is 16.0. The molecule has 3 amide bonds. The first-order chi connectivity index (χ1) is 15.6. The van der Waals surface area contributed by atoms with E-state index in [-0.39, 0.29) is 23.8 Å². The quantitative estimate of drug-likeness (QED) is 0.476. The topological polar surface area (TPSA) is 66.5 Å². The Kier molecular flexibility index (Phi) is 6.36. The Labute approximate surface area is 195 Å². The highest BCUT2D eigenvalue weighted by Gasteiger charge is 2.41. The molecular weight excluding hydrogens is 477 g/mol. The number of nitrogens with zero attached hydrogens (tertiary/aromatic N) is 1. The van der Waals surface area contributed by atoms with Gasteiger partial charge in [0.2, 0.25) is 17.7 Å². The molecule has 10 heteroatoms. The number of imide groups is 1. The van der Waals surface area contributed by atoms with E-state index in [1.807, 2.05) is 36.4 Å². The molecule has 1 atom stereocenters. The van der Waals surface area contributed by atoms with Gasteiger partial charge in [0.1, 0.15) is 0 Å². The molecule has 0 spiro atoms. The molecule has 0 bridgehead atoms. The van der Waals surface area contributed by atoms with Crippen molar-refractivity contribution < 1.29 is 27.6 Å². The number of hydrogen-bond donors (Lipinski definition) is 1. The predicted octanol–water partition coefficient (Wildman–Crippen LogP) is 5.52. The van der Waals surface area contributed by atoms with Crippen LogP contribution in [0.5, 0.6) is 0 Å². The third-order valence-electron chi connectivity index (χ3n) is 5.07. The molecule has 0 aromatic heterocycles. The fourth-order valence-electron chi connectivity index (χ4n) is 3.52. The van der Waals surface area contributed by atoms with Crippen molar-refractivity contribution in [1.29, 1.82) is 0 Å². The molecule has 1 N–H and O–H groups in total. The smallest absolute Gasteiger partial charge is 0.325 e. The van der Waals surface area contributed by atoms with Gasteiger partial charge >= 0.3 is 6.18 Å². The minimum atomic E-state index is -4.73. The Bertz CT molecular complexity index is 1270.